The zero-order chi connectivity index (χ0) is 13.4. The van der Waals surface area contributed by atoms with E-state index >= 15 is 0 Å². The lowest BCUT2D eigenvalue weighted by Gasteiger charge is -2.39. The summed E-state index contributed by atoms with van der Waals surface area (Å²) in [6.45, 7) is 11.0. The van der Waals surface area contributed by atoms with Crippen LogP contribution in [0.1, 0.15) is 40.5 Å². The third-order valence-electron chi connectivity index (χ3n) is 4.15. The van der Waals surface area contributed by atoms with E-state index in [1.165, 1.54) is 0 Å². The molecule has 0 saturated carbocycles. The van der Waals surface area contributed by atoms with Gasteiger partial charge in [0.2, 0.25) is 0 Å². The quantitative estimate of drug-likeness (QED) is 0.743. The highest BCUT2D eigenvalue weighted by atomic mass is 32.2. The molecule has 0 radical (unpaired) electrons. The Labute approximate surface area is 114 Å². The Morgan fingerprint density at radius 2 is 1.94 bits per heavy atom. The Kier molecular flexibility index (Phi) is 4.29. The molecular weight excluding hydrogens is 248 g/mol. The molecule has 2 saturated heterocycles. The minimum Gasteiger partial charge on any atom is -0.598 e. The van der Waals surface area contributed by atoms with Crippen LogP contribution >= 0.6 is 0 Å². The van der Waals surface area contributed by atoms with Gasteiger partial charge in [-0.25, -0.2) is 0 Å². The highest BCUT2D eigenvalue weighted by Crippen LogP contribution is 2.41. The SMILES string of the molecule is C[C@H]1OCC2(CCNCC2)[C@H]1N[S+]([O-])C(C)(C)C. The molecule has 3 atom stereocenters. The first-order chi connectivity index (χ1) is 8.35. The summed E-state index contributed by atoms with van der Waals surface area (Å²) in [7, 11) is 0. The van der Waals surface area contributed by atoms with Gasteiger partial charge in [0.15, 0.2) is 0 Å². The monoisotopic (exact) mass is 274 g/mol. The third-order valence-corrected chi connectivity index (χ3v) is 5.73. The first-order valence-electron chi connectivity index (χ1n) is 6.86. The molecule has 2 aliphatic heterocycles. The Hall–Kier alpha value is 0.190. The molecule has 2 rings (SSSR count). The van der Waals surface area contributed by atoms with E-state index in [0.717, 1.165) is 32.5 Å². The first kappa shape index (κ1) is 14.6. The van der Waals surface area contributed by atoms with Gasteiger partial charge in [0.25, 0.3) is 0 Å². The molecule has 4 nitrogen and oxygen atoms in total. The summed E-state index contributed by atoms with van der Waals surface area (Å²) in [6, 6.07) is 0.208. The van der Waals surface area contributed by atoms with Gasteiger partial charge in [-0.15, -0.1) is 4.72 Å². The van der Waals surface area contributed by atoms with Crippen LogP contribution in [0.15, 0.2) is 0 Å². The van der Waals surface area contributed by atoms with Crippen LogP contribution < -0.4 is 10.0 Å². The van der Waals surface area contributed by atoms with Crippen molar-refractivity contribution in [2.24, 2.45) is 5.41 Å². The molecule has 2 aliphatic rings. The molecule has 18 heavy (non-hydrogen) atoms. The van der Waals surface area contributed by atoms with Crippen LogP contribution in [0.2, 0.25) is 0 Å². The topological polar surface area (TPSA) is 56.3 Å². The highest BCUT2D eigenvalue weighted by Gasteiger charge is 2.51. The van der Waals surface area contributed by atoms with E-state index in [-0.39, 0.29) is 22.3 Å². The molecule has 2 fully saturated rings. The van der Waals surface area contributed by atoms with Gasteiger partial charge in [-0.3, -0.25) is 0 Å². The number of hydrogen-bond donors (Lipinski definition) is 2. The normalized spacial score (nSPS) is 33.8. The lowest BCUT2D eigenvalue weighted by molar-refractivity contribution is 0.0951. The van der Waals surface area contributed by atoms with E-state index < -0.39 is 11.4 Å². The molecule has 106 valence electrons. The molecule has 0 aromatic carbocycles. The fourth-order valence-corrected chi connectivity index (χ4v) is 3.90. The summed E-state index contributed by atoms with van der Waals surface area (Å²) < 4.78 is 21.3. The summed E-state index contributed by atoms with van der Waals surface area (Å²) in [5, 5.41) is 3.40. The molecule has 5 heteroatoms. The number of piperidine rings is 1. The average molecular weight is 274 g/mol. The van der Waals surface area contributed by atoms with E-state index in [1.54, 1.807) is 0 Å². The molecule has 0 amide bonds. The largest absolute Gasteiger partial charge is 0.598 e. The second kappa shape index (κ2) is 5.29. The van der Waals surface area contributed by atoms with E-state index in [4.69, 9.17) is 4.74 Å². The third kappa shape index (κ3) is 2.85. The van der Waals surface area contributed by atoms with Crippen LogP contribution in [0.25, 0.3) is 0 Å². The van der Waals surface area contributed by atoms with Crippen molar-refractivity contribution in [1.29, 1.82) is 0 Å². The second-order valence-corrected chi connectivity index (χ2v) is 8.60. The minimum atomic E-state index is -1.03. The predicted molar refractivity (Wildman–Crippen MR) is 74.8 cm³/mol. The average Bonchev–Trinajstić information content (AvgIpc) is 2.58. The van der Waals surface area contributed by atoms with Gasteiger partial charge in [-0.2, -0.15) is 0 Å². The molecule has 0 aromatic rings. The fraction of sp³-hybridized carbons (Fsp3) is 1.00. The van der Waals surface area contributed by atoms with Gasteiger partial charge in [0, 0.05) is 16.8 Å². The van der Waals surface area contributed by atoms with E-state index in [1.807, 2.05) is 20.8 Å². The number of nitrogens with one attached hydrogen (secondary N) is 2. The van der Waals surface area contributed by atoms with Crippen molar-refractivity contribution in [3.05, 3.63) is 0 Å². The first-order valence-corrected chi connectivity index (χ1v) is 8.00. The van der Waals surface area contributed by atoms with Crippen LogP contribution in [0.3, 0.4) is 0 Å². The smallest absolute Gasteiger partial charge is 0.136 e. The van der Waals surface area contributed by atoms with Crippen LogP contribution in [-0.4, -0.2) is 41.1 Å². The number of hydrogen-bond acceptors (Lipinski definition) is 4. The number of ether oxygens (including phenoxy) is 1. The lowest BCUT2D eigenvalue weighted by atomic mass is 9.74. The van der Waals surface area contributed by atoms with Gasteiger partial charge in [-0.05, 0) is 53.6 Å². The maximum Gasteiger partial charge on any atom is 0.136 e. The molecule has 0 bridgehead atoms. The van der Waals surface area contributed by atoms with E-state index in [2.05, 4.69) is 17.0 Å². The zero-order valence-electron chi connectivity index (χ0n) is 11.9. The van der Waals surface area contributed by atoms with Gasteiger partial charge >= 0.3 is 0 Å². The maximum absolute atomic E-state index is 12.3. The van der Waals surface area contributed by atoms with Crippen molar-refractivity contribution in [2.45, 2.75) is 57.4 Å². The molecule has 1 unspecified atom stereocenters. The maximum atomic E-state index is 12.3. The molecular formula is C13H26N2O2S. The van der Waals surface area contributed by atoms with Crippen molar-refractivity contribution in [3.63, 3.8) is 0 Å². The molecule has 1 spiro atoms. The molecule has 0 aromatic heterocycles. The molecule has 2 N–H and O–H groups in total. The Morgan fingerprint density at radius 1 is 1.33 bits per heavy atom. The minimum absolute atomic E-state index is 0.148. The van der Waals surface area contributed by atoms with Crippen molar-refractivity contribution >= 4 is 11.4 Å². The van der Waals surface area contributed by atoms with Gasteiger partial charge in [0.05, 0.1) is 18.8 Å². The Balaban J connectivity index is 2.08. The summed E-state index contributed by atoms with van der Waals surface area (Å²) in [5.74, 6) is 0. The molecule has 2 heterocycles. The molecule has 0 aliphatic carbocycles. The van der Waals surface area contributed by atoms with Crippen LogP contribution in [0.5, 0.6) is 0 Å². The summed E-state index contributed by atoms with van der Waals surface area (Å²) in [4.78, 5) is 0. The van der Waals surface area contributed by atoms with Crippen LogP contribution in [0, 0.1) is 5.41 Å². The summed E-state index contributed by atoms with van der Waals surface area (Å²) in [6.07, 6.45) is 2.36. The zero-order valence-corrected chi connectivity index (χ0v) is 12.7. The van der Waals surface area contributed by atoms with E-state index in [0.29, 0.717) is 0 Å². The number of rotatable bonds is 2. The summed E-state index contributed by atoms with van der Waals surface area (Å²) in [5.41, 5.74) is 0.172. The predicted octanol–water partition coefficient (Wildman–Crippen LogP) is 1.20. The van der Waals surface area contributed by atoms with Gasteiger partial charge < -0.3 is 14.6 Å². The standard InChI is InChI=1S/C13H26N2O2S/c1-10-11(15-18(16)12(2,3)4)13(9-17-10)5-7-14-8-6-13/h10-11,14-15H,5-9H2,1-4H3/t10-,11+,18?/m1/s1. The summed E-state index contributed by atoms with van der Waals surface area (Å²) >= 11 is -1.03. The van der Waals surface area contributed by atoms with Crippen LogP contribution in [-0.2, 0) is 16.1 Å². The van der Waals surface area contributed by atoms with E-state index in [9.17, 15) is 4.55 Å². The van der Waals surface area contributed by atoms with Crippen molar-refractivity contribution in [2.75, 3.05) is 19.7 Å². The highest BCUT2D eigenvalue weighted by molar-refractivity contribution is 7.90. The van der Waals surface area contributed by atoms with Gasteiger partial charge in [-0.1, -0.05) is 0 Å². The van der Waals surface area contributed by atoms with Crippen molar-refractivity contribution in [3.8, 4) is 0 Å². The Bertz CT molecular complexity index is 282. The van der Waals surface area contributed by atoms with Crippen LogP contribution in [0.4, 0.5) is 0 Å². The van der Waals surface area contributed by atoms with Crippen molar-refractivity contribution in [1.82, 2.24) is 10.0 Å². The van der Waals surface area contributed by atoms with Gasteiger partial charge in [0.1, 0.15) is 4.75 Å². The Morgan fingerprint density at radius 3 is 2.50 bits per heavy atom. The second-order valence-electron chi connectivity index (χ2n) is 6.61. The lowest BCUT2D eigenvalue weighted by Crippen LogP contribution is -2.56. The van der Waals surface area contributed by atoms with Crippen molar-refractivity contribution < 1.29 is 9.29 Å². The fourth-order valence-electron chi connectivity index (χ4n) is 2.87.